The normalized spacial score (nSPS) is 17.8. The number of carbonyl (C=O) groups excluding carboxylic acids is 2. The summed E-state index contributed by atoms with van der Waals surface area (Å²) in [5.41, 5.74) is 2.98. The van der Waals surface area contributed by atoms with Crippen LogP contribution in [0.2, 0.25) is 0 Å². The summed E-state index contributed by atoms with van der Waals surface area (Å²) >= 11 is 0. The fraction of sp³-hybridized carbons (Fsp3) is 0.444. The Morgan fingerprint density at radius 2 is 1.66 bits per heavy atom. The maximum absolute atomic E-state index is 13.3. The number of pyridine rings is 1. The van der Waals surface area contributed by atoms with Gasteiger partial charge in [-0.05, 0) is 73.6 Å². The minimum Gasteiger partial charge on any atom is -0.453 e. The van der Waals surface area contributed by atoms with E-state index in [0.29, 0.717) is 37.2 Å². The van der Waals surface area contributed by atoms with E-state index in [0.717, 1.165) is 49.9 Å². The molecule has 0 atom stereocenters. The fourth-order valence-corrected chi connectivity index (χ4v) is 6.79. The molecule has 0 radical (unpaired) electrons. The predicted molar refractivity (Wildman–Crippen MR) is 143 cm³/mol. The average Bonchev–Trinajstić information content (AvgIpc) is 3.17. The Kier molecular flexibility index (Phi) is 7.66. The Hall–Kier alpha value is -3.44. The number of nitrogens with zero attached hydrogens (tertiary/aromatic N) is 4. The predicted octanol–water partition coefficient (Wildman–Crippen LogP) is 4.10. The zero-order chi connectivity index (χ0) is 26.7. The monoisotopic (exact) mass is 539 g/mol. The van der Waals surface area contributed by atoms with Crippen molar-refractivity contribution in [3.8, 4) is 0 Å². The standard InChI is InChI=1S/C27H33N5O5S/c1-37-27(34)29-22-6-8-23(9-7-22)38(35,36)31-15-10-20(11-16-31)21-12-17-32-25(18-21)24(19-28-32)26(33)30-13-4-2-3-5-14-30/h6-9,12,17-20H,2-5,10-11,13-16H2,1H3,(H,29,34). The molecule has 0 saturated carbocycles. The molecule has 4 heterocycles. The first-order valence-corrected chi connectivity index (χ1v) is 14.5. The van der Waals surface area contributed by atoms with Gasteiger partial charge in [0.25, 0.3) is 5.91 Å². The number of methoxy groups -OCH3 is 1. The molecule has 38 heavy (non-hydrogen) atoms. The second-order valence-corrected chi connectivity index (χ2v) is 11.8. The number of hydrogen-bond acceptors (Lipinski definition) is 6. The molecule has 0 unspecified atom stereocenters. The molecule has 10 nitrogen and oxygen atoms in total. The van der Waals surface area contributed by atoms with Crippen molar-refractivity contribution in [2.75, 3.05) is 38.6 Å². The van der Waals surface area contributed by atoms with Gasteiger partial charge >= 0.3 is 6.09 Å². The Labute approximate surface area is 222 Å². The van der Waals surface area contributed by atoms with Crippen LogP contribution in [0.5, 0.6) is 0 Å². The number of benzene rings is 1. The first-order chi connectivity index (χ1) is 18.4. The van der Waals surface area contributed by atoms with Crippen molar-refractivity contribution < 1.29 is 22.7 Å². The van der Waals surface area contributed by atoms with Crippen LogP contribution in [0.1, 0.15) is 60.4 Å². The third kappa shape index (κ3) is 5.39. The Balaban J connectivity index is 1.27. The van der Waals surface area contributed by atoms with Crippen molar-refractivity contribution in [2.45, 2.75) is 49.3 Å². The quantitative estimate of drug-likeness (QED) is 0.522. The second-order valence-electron chi connectivity index (χ2n) is 9.87. The molecule has 2 aliphatic heterocycles. The lowest BCUT2D eigenvalue weighted by Gasteiger charge is -2.31. The first kappa shape index (κ1) is 26.2. The van der Waals surface area contributed by atoms with E-state index in [-0.39, 0.29) is 16.7 Å². The first-order valence-electron chi connectivity index (χ1n) is 13.1. The number of amides is 2. The van der Waals surface area contributed by atoms with Gasteiger partial charge in [0.15, 0.2) is 0 Å². The number of anilines is 1. The summed E-state index contributed by atoms with van der Waals surface area (Å²) in [5, 5.41) is 6.92. The number of rotatable bonds is 5. The Bertz CT molecular complexity index is 1400. The minimum atomic E-state index is -3.65. The molecular formula is C27H33N5O5S. The van der Waals surface area contributed by atoms with E-state index in [4.69, 9.17) is 0 Å². The van der Waals surface area contributed by atoms with E-state index in [9.17, 15) is 18.0 Å². The van der Waals surface area contributed by atoms with Crippen LogP contribution in [-0.2, 0) is 14.8 Å². The average molecular weight is 540 g/mol. The number of carbonyl (C=O) groups is 2. The summed E-state index contributed by atoms with van der Waals surface area (Å²) in [6, 6.07) is 10.1. The lowest BCUT2D eigenvalue weighted by atomic mass is 9.90. The van der Waals surface area contributed by atoms with Gasteiger partial charge in [-0.15, -0.1) is 0 Å². The van der Waals surface area contributed by atoms with Gasteiger partial charge < -0.3 is 9.64 Å². The summed E-state index contributed by atoms with van der Waals surface area (Å²) in [6.45, 7) is 2.37. The number of aromatic nitrogens is 2. The van der Waals surface area contributed by atoms with Crippen molar-refractivity contribution in [3.63, 3.8) is 0 Å². The SMILES string of the molecule is COC(=O)Nc1ccc(S(=O)(=O)N2CCC(c3ccn4ncc(C(=O)N5CCCCCC5)c4c3)CC2)cc1. The molecule has 0 bridgehead atoms. The highest BCUT2D eigenvalue weighted by atomic mass is 32.2. The highest BCUT2D eigenvalue weighted by molar-refractivity contribution is 7.89. The van der Waals surface area contributed by atoms with Gasteiger partial charge in [0.05, 0.1) is 29.3 Å². The molecule has 1 N–H and O–H groups in total. The molecule has 2 fully saturated rings. The Morgan fingerprint density at radius 1 is 0.974 bits per heavy atom. The summed E-state index contributed by atoms with van der Waals surface area (Å²) in [4.78, 5) is 26.8. The van der Waals surface area contributed by atoms with Gasteiger partial charge in [0.2, 0.25) is 10.0 Å². The van der Waals surface area contributed by atoms with Gasteiger partial charge in [0, 0.05) is 38.1 Å². The van der Waals surface area contributed by atoms with E-state index < -0.39 is 16.1 Å². The molecular weight excluding hydrogens is 506 g/mol. The van der Waals surface area contributed by atoms with Crippen LogP contribution >= 0.6 is 0 Å². The van der Waals surface area contributed by atoms with Gasteiger partial charge in [-0.3, -0.25) is 10.1 Å². The van der Waals surface area contributed by atoms with Crippen LogP contribution in [0.4, 0.5) is 10.5 Å². The van der Waals surface area contributed by atoms with Crippen molar-refractivity contribution in [2.24, 2.45) is 0 Å². The number of ether oxygens (including phenoxy) is 1. The molecule has 0 aliphatic carbocycles. The van der Waals surface area contributed by atoms with Crippen molar-refractivity contribution in [1.29, 1.82) is 0 Å². The smallest absolute Gasteiger partial charge is 0.411 e. The molecule has 0 spiro atoms. The minimum absolute atomic E-state index is 0.0350. The van der Waals surface area contributed by atoms with Crippen molar-refractivity contribution in [3.05, 3.63) is 59.9 Å². The van der Waals surface area contributed by atoms with E-state index in [2.05, 4.69) is 15.2 Å². The number of fused-ring (bicyclic) bond motifs is 1. The second kappa shape index (κ2) is 11.1. The number of nitrogens with one attached hydrogen (secondary N) is 1. The fourth-order valence-electron chi connectivity index (χ4n) is 5.32. The summed E-state index contributed by atoms with van der Waals surface area (Å²) < 4.78 is 34.2. The third-order valence-electron chi connectivity index (χ3n) is 7.52. The number of hydrogen-bond donors (Lipinski definition) is 1. The zero-order valence-corrected chi connectivity index (χ0v) is 22.3. The van der Waals surface area contributed by atoms with Crippen LogP contribution in [0.25, 0.3) is 5.52 Å². The number of sulfonamides is 1. The maximum Gasteiger partial charge on any atom is 0.411 e. The van der Waals surface area contributed by atoms with Gasteiger partial charge in [0.1, 0.15) is 0 Å². The van der Waals surface area contributed by atoms with E-state index in [1.54, 1.807) is 22.8 Å². The summed E-state index contributed by atoms with van der Waals surface area (Å²) in [5.74, 6) is 0.224. The van der Waals surface area contributed by atoms with Gasteiger partial charge in [-0.2, -0.15) is 9.40 Å². The van der Waals surface area contributed by atoms with Crippen LogP contribution in [0.15, 0.2) is 53.7 Å². The van der Waals surface area contributed by atoms with Crippen LogP contribution in [0, 0.1) is 0 Å². The summed E-state index contributed by atoms with van der Waals surface area (Å²) in [6.07, 6.45) is 8.68. The highest BCUT2D eigenvalue weighted by Crippen LogP contribution is 2.32. The molecule has 2 saturated heterocycles. The molecule has 202 valence electrons. The number of likely N-dealkylation sites (tertiary alicyclic amines) is 1. The lowest BCUT2D eigenvalue weighted by Crippen LogP contribution is -2.37. The van der Waals surface area contributed by atoms with Crippen LogP contribution < -0.4 is 5.32 Å². The molecule has 1 aromatic carbocycles. The van der Waals surface area contributed by atoms with Gasteiger partial charge in [-0.1, -0.05) is 12.8 Å². The Morgan fingerprint density at radius 3 is 2.32 bits per heavy atom. The highest BCUT2D eigenvalue weighted by Gasteiger charge is 2.30. The van der Waals surface area contributed by atoms with Crippen LogP contribution in [0.3, 0.4) is 0 Å². The topological polar surface area (TPSA) is 113 Å². The zero-order valence-electron chi connectivity index (χ0n) is 21.5. The van der Waals surface area contributed by atoms with Crippen LogP contribution in [-0.4, -0.2) is 72.5 Å². The lowest BCUT2D eigenvalue weighted by molar-refractivity contribution is 0.0763. The molecule has 3 aromatic rings. The van der Waals surface area contributed by atoms with E-state index in [1.165, 1.54) is 23.5 Å². The molecule has 2 aromatic heterocycles. The largest absolute Gasteiger partial charge is 0.453 e. The van der Waals surface area contributed by atoms with E-state index in [1.807, 2.05) is 23.2 Å². The molecule has 2 aliphatic rings. The van der Waals surface area contributed by atoms with Crippen molar-refractivity contribution in [1.82, 2.24) is 18.8 Å². The molecule has 2 amide bonds. The van der Waals surface area contributed by atoms with E-state index >= 15 is 0 Å². The maximum atomic E-state index is 13.3. The third-order valence-corrected chi connectivity index (χ3v) is 9.43. The van der Waals surface area contributed by atoms with Gasteiger partial charge in [-0.25, -0.2) is 17.7 Å². The number of piperidine rings is 1. The van der Waals surface area contributed by atoms with Crippen molar-refractivity contribution >= 4 is 33.2 Å². The molecule has 5 rings (SSSR count). The summed E-state index contributed by atoms with van der Waals surface area (Å²) in [7, 11) is -2.39. The molecule has 11 heteroatoms.